The van der Waals surface area contributed by atoms with E-state index in [1.165, 1.54) is 51.4 Å². The van der Waals surface area contributed by atoms with Crippen molar-refractivity contribution < 1.29 is 31.0 Å². The quantitative estimate of drug-likeness (QED) is 0.312. The lowest BCUT2D eigenvalue weighted by atomic mass is 9.65. The minimum absolute atomic E-state index is 0. The maximum atomic E-state index is 14.4. The molecule has 0 N–H and O–H groups in total. The normalized spacial score (nSPS) is 34.4. The molecule has 3 saturated carbocycles. The van der Waals surface area contributed by atoms with Gasteiger partial charge in [0.2, 0.25) is 0 Å². The van der Waals surface area contributed by atoms with E-state index in [9.17, 15) is 22.0 Å². The molecule has 3 aliphatic rings. The number of rotatable bonds is 5. The molecule has 3 aliphatic carbocycles. The van der Waals surface area contributed by atoms with Crippen molar-refractivity contribution in [3.8, 4) is 0 Å². The smallest absolute Gasteiger partial charge is 0.313 e. The van der Waals surface area contributed by atoms with E-state index in [0.29, 0.717) is 36.8 Å². The molecule has 1 aromatic carbocycles. The van der Waals surface area contributed by atoms with Gasteiger partial charge in [-0.2, -0.15) is 8.78 Å². The first kappa shape index (κ1) is 24.0. The zero-order valence-corrected chi connectivity index (χ0v) is 18.9. The van der Waals surface area contributed by atoms with Gasteiger partial charge in [0.05, 0.1) is 11.7 Å². The van der Waals surface area contributed by atoms with Crippen molar-refractivity contribution in [1.82, 2.24) is 0 Å². The minimum Gasteiger partial charge on any atom is -0.313 e. The lowest BCUT2D eigenvalue weighted by Crippen LogP contribution is -2.33. The molecule has 6 heteroatoms. The largest absolute Gasteiger partial charge is 0.383 e. The molecule has 0 bridgehead atoms. The SMILES string of the molecule is CC1CCC(C2CCC(C3CCC(OC(F)(F)c4cc(F)c(F)c(F)c4)CC3)CC2)CC1.[HH].[HH].[HH]. The van der Waals surface area contributed by atoms with E-state index in [0.717, 1.165) is 30.6 Å². The molecule has 0 atom stereocenters. The Morgan fingerprint density at radius 3 is 1.50 bits per heavy atom. The Morgan fingerprint density at radius 1 is 0.688 bits per heavy atom. The molecule has 0 heterocycles. The molecule has 186 valence electrons. The first-order chi connectivity index (χ1) is 15.2. The summed E-state index contributed by atoms with van der Waals surface area (Å²) < 4.78 is 73.7. The second kappa shape index (κ2) is 9.99. The molecule has 0 amide bonds. The number of halogens is 5. The van der Waals surface area contributed by atoms with Gasteiger partial charge in [-0.25, -0.2) is 13.2 Å². The highest BCUT2D eigenvalue weighted by atomic mass is 19.3. The van der Waals surface area contributed by atoms with Gasteiger partial charge < -0.3 is 4.74 Å². The molecule has 3 fully saturated rings. The Hall–Kier alpha value is -1.17. The summed E-state index contributed by atoms with van der Waals surface area (Å²) >= 11 is 0. The van der Waals surface area contributed by atoms with Gasteiger partial charge in [0.25, 0.3) is 0 Å². The minimum atomic E-state index is -3.84. The van der Waals surface area contributed by atoms with E-state index >= 15 is 0 Å². The molecule has 1 nitrogen and oxygen atoms in total. The molecule has 0 aromatic heterocycles. The van der Waals surface area contributed by atoms with Gasteiger partial charge in [-0.3, -0.25) is 0 Å². The summed E-state index contributed by atoms with van der Waals surface area (Å²) in [6.45, 7) is 2.36. The highest BCUT2D eigenvalue weighted by Crippen LogP contribution is 2.46. The van der Waals surface area contributed by atoms with Crippen molar-refractivity contribution in [3.63, 3.8) is 0 Å². The number of hydrogen-bond acceptors (Lipinski definition) is 1. The average molecular weight is 465 g/mol. The first-order valence-electron chi connectivity index (χ1n) is 12.4. The predicted molar refractivity (Wildman–Crippen MR) is 120 cm³/mol. The lowest BCUT2D eigenvalue weighted by molar-refractivity contribution is -0.278. The second-order valence-corrected chi connectivity index (χ2v) is 10.6. The van der Waals surface area contributed by atoms with Crippen LogP contribution in [0.3, 0.4) is 0 Å². The van der Waals surface area contributed by atoms with E-state index < -0.39 is 35.2 Å². The third-order valence-electron chi connectivity index (χ3n) is 8.56. The van der Waals surface area contributed by atoms with Gasteiger partial charge in [0.1, 0.15) is 0 Å². The summed E-state index contributed by atoms with van der Waals surface area (Å²) in [7, 11) is 0. The van der Waals surface area contributed by atoms with Crippen LogP contribution in [-0.4, -0.2) is 6.10 Å². The van der Waals surface area contributed by atoms with E-state index in [2.05, 4.69) is 6.92 Å². The van der Waals surface area contributed by atoms with Crippen LogP contribution in [0.15, 0.2) is 12.1 Å². The molecule has 0 unspecified atom stereocenters. The van der Waals surface area contributed by atoms with Crippen LogP contribution in [0, 0.1) is 47.0 Å². The number of alkyl halides is 2. The Balaban J connectivity index is 0.00000204. The maximum Gasteiger partial charge on any atom is 0.383 e. The van der Waals surface area contributed by atoms with Crippen molar-refractivity contribution in [3.05, 3.63) is 35.1 Å². The summed E-state index contributed by atoms with van der Waals surface area (Å²) in [5, 5.41) is 0. The number of benzene rings is 1. The fourth-order valence-corrected chi connectivity index (χ4v) is 6.52. The van der Waals surface area contributed by atoms with E-state index in [1.807, 2.05) is 0 Å². The summed E-state index contributed by atoms with van der Waals surface area (Å²) in [5.74, 6) is -1.14. The molecular formula is C26H41F5O. The molecule has 0 spiro atoms. The van der Waals surface area contributed by atoms with Crippen LogP contribution in [-0.2, 0) is 10.8 Å². The molecule has 0 aliphatic heterocycles. The van der Waals surface area contributed by atoms with Crippen LogP contribution in [0.25, 0.3) is 0 Å². The number of ether oxygens (including phenoxy) is 1. The van der Waals surface area contributed by atoms with Crippen molar-refractivity contribution in [2.24, 2.45) is 29.6 Å². The molecule has 1 aromatic rings. The van der Waals surface area contributed by atoms with Gasteiger partial charge in [-0.15, -0.1) is 0 Å². The summed E-state index contributed by atoms with van der Waals surface area (Å²) in [5.41, 5.74) is -0.980. The van der Waals surface area contributed by atoms with Gasteiger partial charge in [-0.1, -0.05) is 19.8 Å². The highest BCUT2D eigenvalue weighted by Gasteiger charge is 2.40. The van der Waals surface area contributed by atoms with Crippen LogP contribution in [0.1, 0.15) is 93.8 Å². The summed E-state index contributed by atoms with van der Waals surface area (Å²) in [6.07, 6.45) is 8.86. The lowest BCUT2D eigenvalue weighted by Gasteiger charge is -2.41. The second-order valence-electron chi connectivity index (χ2n) is 10.6. The Labute approximate surface area is 192 Å². The van der Waals surface area contributed by atoms with E-state index in [-0.39, 0.29) is 4.28 Å². The molecule has 0 saturated heterocycles. The molecule has 4 rings (SSSR count). The average Bonchev–Trinajstić information content (AvgIpc) is 2.78. The first-order valence-corrected chi connectivity index (χ1v) is 12.4. The predicted octanol–water partition coefficient (Wildman–Crippen LogP) is 9.10. The van der Waals surface area contributed by atoms with Gasteiger partial charge >= 0.3 is 6.11 Å². The van der Waals surface area contributed by atoms with Crippen molar-refractivity contribution in [2.45, 2.75) is 96.2 Å². The van der Waals surface area contributed by atoms with Gasteiger partial charge in [0, 0.05) is 4.28 Å². The summed E-state index contributed by atoms with van der Waals surface area (Å²) in [6, 6.07) is 0.630. The van der Waals surface area contributed by atoms with E-state index in [4.69, 9.17) is 4.74 Å². The van der Waals surface area contributed by atoms with Crippen molar-refractivity contribution in [1.29, 1.82) is 0 Å². The fourth-order valence-electron chi connectivity index (χ4n) is 6.52. The maximum absolute atomic E-state index is 14.4. The third kappa shape index (κ3) is 5.48. The zero-order valence-electron chi connectivity index (χ0n) is 18.9. The topological polar surface area (TPSA) is 9.23 Å². The van der Waals surface area contributed by atoms with Crippen LogP contribution in [0.4, 0.5) is 22.0 Å². The van der Waals surface area contributed by atoms with Crippen LogP contribution in [0.5, 0.6) is 0 Å². The molecular weight excluding hydrogens is 423 g/mol. The van der Waals surface area contributed by atoms with Gasteiger partial charge in [0.15, 0.2) is 17.5 Å². The molecule has 32 heavy (non-hydrogen) atoms. The van der Waals surface area contributed by atoms with Crippen LogP contribution in [0.2, 0.25) is 0 Å². The summed E-state index contributed by atoms with van der Waals surface area (Å²) in [4.78, 5) is 0. The third-order valence-corrected chi connectivity index (χ3v) is 8.56. The Bertz CT molecular complexity index is 749. The number of hydrogen-bond donors (Lipinski definition) is 0. The van der Waals surface area contributed by atoms with Crippen LogP contribution >= 0.6 is 0 Å². The molecule has 0 radical (unpaired) electrons. The monoisotopic (exact) mass is 464 g/mol. The standard InChI is InChI=1S/C26H35F5O.3H2/c1-16-2-4-17(5-3-16)18-6-8-19(9-7-18)20-10-12-22(13-11-20)32-26(30,31)21-14-23(27)25(29)24(28)15-21;;;/h14-20,22H,2-13H2,1H3;3*1H. The fraction of sp³-hybridized carbons (Fsp3) is 0.769. The Morgan fingerprint density at radius 2 is 1.06 bits per heavy atom. The van der Waals surface area contributed by atoms with Crippen molar-refractivity contribution >= 4 is 0 Å². The van der Waals surface area contributed by atoms with Gasteiger partial charge in [-0.05, 0) is 106 Å². The zero-order chi connectivity index (χ0) is 22.9. The van der Waals surface area contributed by atoms with Crippen LogP contribution < -0.4 is 0 Å². The Kier molecular flexibility index (Phi) is 7.48. The van der Waals surface area contributed by atoms with Crippen molar-refractivity contribution in [2.75, 3.05) is 0 Å². The van der Waals surface area contributed by atoms with E-state index in [1.54, 1.807) is 0 Å². The highest BCUT2D eigenvalue weighted by molar-refractivity contribution is 5.22.